The van der Waals surface area contributed by atoms with Crippen molar-refractivity contribution in [1.82, 2.24) is 15.1 Å². The summed E-state index contributed by atoms with van der Waals surface area (Å²) in [7, 11) is 0. The van der Waals surface area contributed by atoms with Crippen LogP contribution in [-0.2, 0) is 23.9 Å². The van der Waals surface area contributed by atoms with Crippen LogP contribution in [0.2, 0.25) is 0 Å². The Hall–Kier alpha value is -4.44. The highest BCUT2D eigenvalue weighted by Gasteiger charge is 2.41. The van der Waals surface area contributed by atoms with E-state index in [0.717, 1.165) is 34.5 Å². The van der Waals surface area contributed by atoms with E-state index in [2.05, 4.69) is 10.4 Å². The first-order chi connectivity index (χ1) is 19.2. The Labute approximate surface area is 229 Å². The van der Waals surface area contributed by atoms with Gasteiger partial charge < -0.3 is 11.1 Å². The molecule has 5 rings (SSSR count). The van der Waals surface area contributed by atoms with E-state index in [0.29, 0.717) is 12.2 Å². The second kappa shape index (κ2) is 11.0. The van der Waals surface area contributed by atoms with Crippen molar-refractivity contribution in [2.45, 2.75) is 38.0 Å². The number of benzene rings is 3. The lowest BCUT2D eigenvalue weighted by molar-refractivity contribution is -0.137. The quantitative estimate of drug-likeness (QED) is 0.361. The van der Waals surface area contributed by atoms with Crippen LogP contribution in [-0.4, -0.2) is 34.2 Å². The lowest BCUT2D eigenvalue weighted by atomic mass is 9.85. The molecule has 1 unspecified atom stereocenters. The number of nitrogens with two attached hydrogens (primary N) is 1. The van der Waals surface area contributed by atoms with Crippen LogP contribution in [0.15, 0.2) is 85.1 Å². The molecule has 1 aliphatic rings. The highest BCUT2D eigenvalue weighted by atomic mass is 19.4. The fourth-order valence-electron chi connectivity index (χ4n) is 5.16. The van der Waals surface area contributed by atoms with Crippen molar-refractivity contribution in [3.8, 4) is 5.69 Å². The van der Waals surface area contributed by atoms with Crippen LogP contribution in [0.3, 0.4) is 0 Å². The van der Waals surface area contributed by atoms with Crippen LogP contribution in [0, 0.1) is 0 Å². The van der Waals surface area contributed by atoms with Crippen LogP contribution in [0.5, 0.6) is 0 Å². The molecular weight excluding hydrogens is 519 g/mol. The predicted octanol–water partition coefficient (Wildman–Crippen LogP) is 4.84. The first kappa shape index (κ1) is 27.1. The maximum Gasteiger partial charge on any atom is 0.416 e. The fourth-order valence-corrected chi connectivity index (χ4v) is 5.16. The third-order valence-corrected chi connectivity index (χ3v) is 7.12. The number of hydrogen-bond donors (Lipinski definition) is 2. The molecule has 2 heterocycles. The van der Waals surface area contributed by atoms with Gasteiger partial charge in [0.25, 0.3) is 11.8 Å². The number of fused-ring (bicyclic) bond motifs is 1. The van der Waals surface area contributed by atoms with Crippen LogP contribution in [0.4, 0.5) is 19.0 Å². The predicted molar refractivity (Wildman–Crippen MR) is 145 cm³/mol. The van der Waals surface area contributed by atoms with Crippen molar-refractivity contribution in [1.29, 1.82) is 0 Å². The van der Waals surface area contributed by atoms with Gasteiger partial charge in [-0.1, -0.05) is 48.5 Å². The summed E-state index contributed by atoms with van der Waals surface area (Å²) in [5, 5.41) is 7.36. The van der Waals surface area contributed by atoms with Crippen molar-refractivity contribution in [2.24, 2.45) is 5.73 Å². The van der Waals surface area contributed by atoms with Crippen molar-refractivity contribution >= 4 is 17.6 Å². The molecule has 40 heavy (non-hydrogen) atoms. The molecule has 2 amide bonds. The molecule has 3 N–H and O–H groups in total. The minimum Gasteiger partial charge on any atom is -0.340 e. The molecule has 2 atom stereocenters. The maximum atomic E-state index is 14.2. The third-order valence-electron chi connectivity index (χ3n) is 7.12. The topological polar surface area (TPSA) is 93.2 Å². The molecule has 0 bridgehead atoms. The number of nitrogens with one attached hydrogen (secondary N) is 1. The average Bonchev–Trinajstić information content (AvgIpc) is 3.33. The lowest BCUT2D eigenvalue weighted by Crippen LogP contribution is -2.51. The number of amides is 2. The number of carbonyl (C=O) groups excluding carboxylic acids is 2. The van der Waals surface area contributed by atoms with E-state index >= 15 is 0 Å². The van der Waals surface area contributed by atoms with E-state index in [1.807, 2.05) is 61.5 Å². The Morgan fingerprint density at radius 3 is 2.50 bits per heavy atom. The van der Waals surface area contributed by atoms with E-state index < -0.39 is 29.6 Å². The molecule has 0 fully saturated rings. The molecule has 0 radical (unpaired) electrons. The van der Waals surface area contributed by atoms with E-state index in [4.69, 9.17) is 5.73 Å². The number of carbonyl (C=O) groups is 2. The van der Waals surface area contributed by atoms with Crippen molar-refractivity contribution < 1.29 is 22.8 Å². The van der Waals surface area contributed by atoms with Gasteiger partial charge >= 0.3 is 6.18 Å². The smallest absolute Gasteiger partial charge is 0.340 e. The molecule has 206 valence electrons. The number of nitrogens with zero attached hydrogens (tertiary/aromatic N) is 3. The zero-order valence-corrected chi connectivity index (χ0v) is 21.7. The van der Waals surface area contributed by atoms with Gasteiger partial charge in [-0.2, -0.15) is 18.3 Å². The van der Waals surface area contributed by atoms with Crippen LogP contribution < -0.4 is 16.0 Å². The number of para-hydroxylation sites is 1. The van der Waals surface area contributed by atoms with Gasteiger partial charge in [-0.25, -0.2) is 4.68 Å². The van der Waals surface area contributed by atoms with Crippen LogP contribution in [0.1, 0.15) is 45.5 Å². The highest BCUT2D eigenvalue weighted by molar-refractivity contribution is 6.03. The second-order valence-corrected chi connectivity index (χ2v) is 9.61. The second-order valence-electron chi connectivity index (χ2n) is 9.61. The SMILES string of the molecule is CCN1C(=O)[C@@H](NC(=O)c2cccc(C(F)(F)F)c2)C(c2cccc(CN)c2)Cc2cnn(-c3ccccc3)c21. The fraction of sp³-hybridized carbons (Fsp3) is 0.233. The molecule has 4 aromatic rings. The molecule has 10 heteroatoms. The molecule has 0 saturated carbocycles. The van der Waals surface area contributed by atoms with Gasteiger partial charge in [0.15, 0.2) is 0 Å². The van der Waals surface area contributed by atoms with E-state index in [1.54, 1.807) is 15.8 Å². The van der Waals surface area contributed by atoms with E-state index in [9.17, 15) is 22.8 Å². The molecular formula is C30H28F3N5O2. The van der Waals surface area contributed by atoms with Gasteiger partial charge in [0.1, 0.15) is 11.9 Å². The minimum absolute atomic E-state index is 0.183. The Morgan fingerprint density at radius 2 is 1.80 bits per heavy atom. The van der Waals surface area contributed by atoms with Gasteiger partial charge in [-0.15, -0.1) is 0 Å². The molecule has 0 aliphatic carbocycles. The van der Waals surface area contributed by atoms with Gasteiger partial charge in [-0.05, 0) is 54.8 Å². The van der Waals surface area contributed by atoms with Crippen LogP contribution >= 0.6 is 0 Å². The summed E-state index contributed by atoms with van der Waals surface area (Å²) in [5.74, 6) is -1.09. The van der Waals surface area contributed by atoms with Gasteiger partial charge in [0, 0.05) is 30.1 Å². The summed E-state index contributed by atoms with van der Waals surface area (Å²) in [6.07, 6.45) is -2.54. The highest BCUT2D eigenvalue weighted by Crippen LogP contribution is 2.37. The Morgan fingerprint density at radius 1 is 1.05 bits per heavy atom. The largest absolute Gasteiger partial charge is 0.416 e. The molecule has 0 saturated heterocycles. The summed E-state index contributed by atoms with van der Waals surface area (Å²) in [5.41, 5.74) is 7.96. The third kappa shape index (κ3) is 5.22. The van der Waals surface area contributed by atoms with Crippen LogP contribution in [0.25, 0.3) is 5.69 Å². The Kier molecular flexibility index (Phi) is 7.44. The summed E-state index contributed by atoms with van der Waals surface area (Å²) in [4.78, 5) is 29.1. The number of rotatable bonds is 6. The zero-order valence-electron chi connectivity index (χ0n) is 21.7. The number of alkyl halides is 3. The zero-order chi connectivity index (χ0) is 28.4. The molecule has 3 aromatic carbocycles. The maximum absolute atomic E-state index is 14.2. The van der Waals surface area contributed by atoms with Gasteiger partial charge in [-0.3, -0.25) is 14.5 Å². The van der Waals surface area contributed by atoms with Crippen molar-refractivity contribution in [3.05, 3.63) is 113 Å². The summed E-state index contributed by atoms with van der Waals surface area (Å²) in [6.45, 7) is 2.40. The number of likely N-dealkylation sites (N-methyl/N-ethyl adjacent to an activating group) is 1. The summed E-state index contributed by atoms with van der Waals surface area (Å²) < 4.78 is 41.7. The van der Waals surface area contributed by atoms with Crippen molar-refractivity contribution in [3.63, 3.8) is 0 Å². The number of aromatic nitrogens is 2. The lowest BCUT2D eigenvalue weighted by Gasteiger charge is -2.29. The molecule has 0 spiro atoms. The average molecular weight is 548 g/mol. The normalized spacial score (nSPS) is 17.3. The van der Waals surface area contributed by atoms with Gasteiger partial charge in [0.05, 0.1) is 17.4 Å². The van der Waals surface area contributed by atoms with E-state index in [1.165, 1.54) is 12.1 Å². The summed E-state index contributed by atoms with van der Waals surface area (Å²) in [6, 6.07) is 20.0. The first-order valence-electron chi connectivity index (χ1n) is 12.9. The standard InChI is InChI=1S/C30H28F3N5O2/c1-2-37-28-22(18-35-38(28)24-12-4-3-5-13-24)16-25(20-9-6-8-19(14-20)17-34)26(29(37)40)36-27(39)21-10-7-11-23(15-21)30(31,32)33/h3-15,18,25-26H,2,16-17,34H2,1H3,(H,36,39)/t25?,26-/m0/s1. The number of halogens is 3. The molecule has 1 aromatic heterocycles. The van der Waals surface area contributed by atoms with Gasteiger partial charge in [0.2, 0.25) is 0 Å². The van der Waals surface area contributed by atoms with E-state index in [-0.39, 0.29) is 24.6 Å². The Balaban J connectivity index is 1.60. The number of anilines is 1. The first-order valence-corrected chi connectivity index (χ1v) is 12.9. The Bertz CT molecular complexity index is 1530. The summed E-state index contributed by atoms with van der Waals surface area (Å²) >= 11 is 0. The monoisotopic (exact) mass is 547 g/mol. The number of hydrogen-bond acceptors (Lipinski definition) is 4. The molecule has 1 aliphatic heterocycles. The minimum atomic E-state index is -4.61. The molecule has 7 nitrogen and oxygen atoms in total. The van der Waals surface area contributed by atoms with Crippen molar-refractivity contribution in [2.75, 3.05) is 11.4 Å².